The Morgan fingerprint density at radius 1 is 1.00 bits per heavy atom. The number of thiophene rings is 1. The number of amides is 2. The predicted octanol–water partition coefficient (Wildman–Crippen LogP) is 7.67. The van der Waals surface area contributed by atoms with Crippen LogP contribution < -0.4 is 10.6 Å². The highest BCUT2D eigenvalue weighted by molar-refractivity contribution is 7.17. The highest BCUT2D eigenvalue weighted by Gasteiger charge is 2.34. The molecule has 34 heavy (non-hydrogen) atoms. The summed E-state index contributed by atoms with van der Waals surface area (Å²) in [5.41, 5.74) is 5.25. The molecule has 1 atom stereocenters. The van der Waals surface area contributed by atoms with Crippen LogP contribution in [0, 0.1) is 25.2 Å². The maximum absolute atomic E-state index is 13.5. The molecule has 0 saturated carbocycles. The number of benzene rings is 2. The molecule has 0 aliphatic heterocycles. The smallest absolute Gasteiger partial charge is 0.258 e. The van der Waals surface area contributed by atoms with E-state index in [1.807, 2.05) is 32.0 Å². The summed E-state index contributed by atoms with van der Waals surface area (Å²) >= 11 is 7.78. The molecule has 4 rings (SSSR count). The molecule has 1 heterocycles. The number of aryl methyl sites for hydroxylation is 2. The van der Waals surface area contributed by atoms with E-state index in [4.69, 9.17) is 11.6 Å². The molecule has 4 nitrogen and oxygen atoms in total. The third-order valence-corrected chi connectivity index (χ3v) is 8.33. The Bertz CT molecular complexity index is 1260. The number of halogens is 1. The van der Waals surface area contributed by atoms with Gasteiger partial charge in [-0.3, -0.25) is 9.59 Å². The summed E-state index contributed by atoms with van der Waals surface area (Å²) in [6, 6.07) is 12.8. The maximum Gasteiger partial charge on any atom is 0.258 e. The number of rotatable bonds is 4. The van der Waals surface area contributed by atoms with Crippen molar-refractivity contribution in [1.82, 2.24) is 0 Å². The fourth-order valence-electron chi connectivity index (χ4n) is 4.48. The SMILES string of the molecule is Cc1ccc(NC(=O)c2c(NC(=O)c3ccccc3Cl)sc3c2CCC(C(C)(C)C)C3)cc1C. The Morgan fingerprint density at radius 3 is 2.41 bits per heavy atom. The fraction of sp³-hybridized carbons (Fsp3) is 0.357. The van der Waals surface area contributed by atoms with E-state index >= 15 is 0 Å². The van der Waals surface area contributed by atoms with Crippen LogP contribution in [0.15, 0.2) is 42.5 Å². The van der Waals surface area contributed by atoms with Gasteiger partial charge in [0.25, 0.3) is 11.8 Å². The van der Waals surface area contributed by atoms with Crippen molar-refractivity contribution in [3.63, 3.8) is 0 Å². The van der Waals surface area contributed by atoms with Gasteiger partial charge >= 0.3 is 0 Å². The van der Waals surface area contributed by atoms with Gasteiger partial charge in [-0.15, -0.1) is 11.3 Å². The standard InChI is InChI=1S/C28H31ClN2O2S/c1-16-10-12-19(14-17(16)2)30-26(33)24-21-13-11-18(28(3,4)5)15-23(21)34-27(24)31-25(32)20-8-6-7-9-22(20)29/h6-10,12,14,18H,11,13,15H2,1-5H3,(H,30,33)(H,31,32). The molecule has 0 saturated heterocycles. The zero-order valence-electron chi connectivity index (χ0n) is 20.3. The van der Waals surface area contributed by atoms with E-state index in [1.54, 1.807) is 24.3 Å². The normalized spacial score (nSPS) is 15.5. The molecule has 2 aromatic carbocycles. The molecule has 1 unspecified atom stereocenters. The van der Waals surface area contributed by atoms with Crippen LogP contribution in [-0.2, 0) is 12.8 Å². The molecule has 0 bridgehead atoms. The lowest BCUT2D eigenvalue weighted by atomic mass is 9.72. The van der Waals surface area contributed by atoms with Gasteiger partial charge in [-0.25, -0.2) is 0 Å². The van der Waals surface area contributed by atoms with Gasteiger partial charge in [-0.2, -0.15) is 0 Å². The Labute approximate surface area is 210 Å². The summed E-state index contributed by atoms with van der Waals surface area (Å²) in [4.78, 5) is 27.8. The van der Waals surface area contributed by atoms with Gasteiger partial charge < -0.3 is 10.6 Å². The van der Waals surface area contributed by atoms with E-state index < -0.39 is 0 Å². The first-order chi connectivity index (χ1) is 16.0. The monoisotopic (exact) mass is 494 g/mol. The molecule has 1 aliphatic carbocycles. The summed E-state index contributed by atoms with van der Waals surface area (Å²) < 4.78 is 0. The van der Waals surface area contributed by atoms with Crippen molar-refractivity contribution >= 4 is 45.4 Å². The molecular weight excluding hydrogens is 464 g/mol. The van der Waals surface area contributed by atoms with Gasteiger partial charge in [-0.05, 0) is 85.4 Å². The second kappa shape index (κ2) is 9.55. The molecule has 178 valence electrons. The van der Waals surface area contributed by atoms with Crippen molar-refractivity contribution in [3.8, 4) is 0 Å². The highest BCUT2D eigenvalue weighted by Crippen LogP contribution is 2.44. The van der Waals surface area contributed by atoms with E-state index in [2.05, 4.69) is 31.4 Å². The average Bonchev–Trinajstić information content (AvgIpc) is 3.13. The van der Waals surface area contributed by atoms with Crippen LogP contribution in [0.2, 0.25) is 5.02 Å². The van der Waals surface area contributed by atoms with Crippen LogP contribution in [-0.4, -0.2) is 11.8 Å². The molecule has 2 amide bonds. The lowest BCUT2D eigenvalue weighted by Crippen LogP contribution is -2.27. The quantitative estimate of drug-likeness (QED) is 0.390. The number of carbonyl (C=O) groups excluding carboxylic acids is 2. The van der Waals surface area contributed by atoms with Crippen LogP contribution in [0.25, 0.3) is 0 Å². The molecule has 0 radical (unpaired) electrons. The molecule has 1 aliphatic rings. The number of carbonyl (C=O) groups is 2. The van der Waals surface area contributed by atoms with Crippen LogP contribution in [0.5, 0.6) is 0 Å². The lowest BCUT2D eigenvalue weighted by Gasteiger charge is -2.33. The summed E-state index contributed by atoms with van der Waals surface area (Å²) in [6.07, 6.45) is 2.76. The summed E-state index contributed by atoms with van der Waals surface area (Å²) in [5.74, 6) is 0.0302. The van der Waals surface area contributed by atoms with Crippen molar-refractivity contribution in [3.05, 3.63) is 80.2 Å². The Balaban J connectivity index is 1.70. The van der Waals surface area contributed by atoms with Crippen molar-refractivity contribution < 1.29 is 9.59 Å². The van der Waals surface area contributed by atoms with Crippen molar-refractivity contribution in [2.45, 2.75) is 53.9 Å². The first-order valence-corrected chi connectivity index (χ1v) is 12.8. The molecule has 0 spiro atoms. The second-order valence-corrected chi connectivity index (χ2v) is 11.7. The van der Waals surface area contributed by atoms with E-state index in [0.29, 0.717) is 27.1 Å². The minimum absolute atomic E-state index is 0.185. The van der Waals surface area contributed by atoms with E-state index in [0.717, 1.165) is 36.1 Å². The van der Waals surface area contributed by atoms with Gasteiger partial charge in [-0.1, -0.05) is 50.6 Å². The Hall–Kier alpha value is -2.63. The highest BCUT2D eigenvalue weighted by atomic mass is 35.5. The largest absolute Gasteiger partial charge is 0.322 e. The fourth-order valence-corrected chi connectivity index (χ4v) is 6.02. The van der Waals surface area contributed by atoms with E-state index in [-0.39, 0.29) is 17.2 Å². The maximum atomic E-state index is 13.5. The van der Waals surface area contributed by atoms with Crippen LogP contribution in [0.4, 0.5) is 10.7 Å². The minimum Gasteiger partial charge on any atom is -0.322 e. The van der Waals surface area contributed by atoms with E-state index in [1.165, 1.54) is 21.8 Å². The number of hydrogen-bond acceptors (Lipinski definition) is 3. The van der Waals surface area contributed by atoms with Gasteiger partial charge in [0.2, 0.25) is 0 Å². The Kier molecular flexibility index (Phi) is 6.88. The average molecular weight is 495 g/mol. The molecule has 3 aromatic rings. The van der Waals surface area contributed by atoms with Gasteiger partial charge in [0.1, 0.15) is 5.00 Å². The zero-order chi connectivity index (χ0) is 24.6. The lowest BCUT2D eigenvalue weighted by molar-refractivity contribution is 0.102. The van der Waals surface area contributed by atoms with Crippen LogP contribution in [0.1, 0.15) is 69.5 Å². The summed E-state index contributed by atoms with van der Waals surface area (Å²) in [5, 5.41) is 7.03. The van der Waals surface area contributed by atoms with Crippen LogP contribution >= 0.6 is 22.9 Å². The van der Waals surface area contributed by atoms with Crippen LogP contribution in [0.3, 0.4) is 0 Å². The van der Waals surface area contributed by atoms with Gasteiger partial charge in [0.05, 0.1) is 16.1 Å². The minimum atomic E-state index is -0.309. The third-order valence-electron chi connectivity index (χ3n) is 6.83. The van der Waals surface area contributed by atoms with Crippen molar-refractivity contribution in [1.29, 1.82) is 0 Å². The van der Waals surface area contributed by atoms with Crippen molar-refractivity contribution in [2.75, 3.05) is 10.6 Å². The van der Waals surface area contributed by atoms with Gasteiger partial charge in [0, 0.05) is 10.6 Å². The first-order valence-electron chi connectivity index (χ1n) is 11.6. The Morgan fingerprint density at radius 2 is 1.74 bits per heavy atom. The molecule has 1 aromatic heterocycles. The first kappa shape index (κ1) is 24.5. The van der Waals surface area contributed by atoms with E-state index in [9.17, 15) is 9.59 Å². The zero-order valence-corrected chi connectivity index (χ0v) is 21.9. The molecular formula is C28H31ClN2O2S. The second-order valence-electron chi connectivity index (χ2n) is 10.2. The molecule has 6 heteroatoms. The summed E-state index contributed by atoms with van der Waals surface area (Å²) in [7, 11) is 0. The van der Waals surface area contributed by atoms with Gasteiger partial charge in [0.15, 0.2) is 0 Å². The predicted molar refractivity (Wildman–Crippen MR) is 143 cm³/mol. The number of fused-ring (bicyclic) bond motifs is 1. The number of anilines is 2. The molecule has 2 N–H and O–H groups in total. The third kappa shape index (κ3) is 5.06. The number of hydrogen-bond donors (Lipinski definition) is 2. The summed E-state index contributed by atoms with van der Waals surface area (Å²) in [6.45, 7) is 10.9. The molecule has 0 fully saturated rings. The topological polar surface area (TPSA) is 58.2 Å². The number of nitrogens with one attached hydrogen (secondary N) is 2. The van der Waals surface area contributed by atoms with Crippen molar-refractivity contribution in [2.24, 2.45) is 11.3 Å².